The quantitative estimate of drug-likeness (QED) is 0.478. The Morgan fingerprint density at radius 1 is 1.00 bits per heavy atom. The number of imidazole rings is 1. The van der Waals surface area contributed by atoms with Gasteiger partial charge in [0, 0.05) is 0 Å². The first-order valence-electron chi connectivity index (χ1n) is 5.85. The van der Waals surface area contributed by atoms with Crippen LogP contribution in [-0.4, -0.2) is 39.2 Å². The van der Waals surface area contributed by atoms with Gasteiger partial charge in [-0.05, 0) is 12.8 Å². The van der Waals surface area contributed by atoms with Gasteiger partial charge in [0.1, 0.15) is 12.4 Å². The first kappa shape index (κ1) is 17.0. The highest BCUT2D eigenvalue weighted by molar-refractivity contribution is 7.91. The van der Waals surface area contributed by atoms with Gasteiger partial charge in [0.15, 0.2) is 27.7 Å². The van der Waals surface area contributed by atoms with E-state index in [1.165, 1.54) is 17.1 Å². The van der Waals surface area contributed by atoms with Crippen molar-refractivity contribution in [2.24, 2.45) is 0 Å². The molecule has 0 fully saturated rings. The number of rotatable bonds is 9. The summed E-state index contributed by atoms with van der Waals surface area (Å²) in [5.74, 6) is -0.645. The van der Waals surface area contributed by atoms with E-state index >= 15 is 0 Å². The Morgan fingerprint density at radius 3 is 2.25 bits per heavy atom. The SMILES string of the molecule is O=S(=O)(CF)CCCCn1cc[n+](CS(=O)(=O)CF)c1. The fraction of sp³-hybridized carbons (Fsp3) is 0.700. The standard InChI is InChI=1S/C10H17F2N2O4S2/c11-7-19(15,16)6-2-1-3-13-4-5-14(9-13)10-20(17,18)8-12/h4-5,9H,1-3,6-8,10H2/q+1. The second kappa shape index (κ2) is 7.11. The molecule has 0 aliphatic rings. The number of sulfone groups is 2. The van der Waals surface area contributed by atoms with Crippen LogP contribution in [0.3, 0.4) is 0 Å². The van der Waals surface area contributed by atoms with Crippen LogP contribution in [0.25, 0.3) is 0 Å². The van der Waals surface area contributed by atoms with Crippen LogP contribution < -0.4 is 4.57 Å². The minimum Gasteiger partial charge on any atom is -0.237 e. The van der Waals surface area contributed by atoms with E-state index in [4.69, 9.17) is 0 Å². The van der Waals surface area contributed by atoms with Crippen LogP contribution in [0.5, 0.6) is 0 Å². The molecular weight excluding hydrogens is 314 g/mol. The van der Waals surface area contributed by atoms with Crippen LogP contribution in [0.15, 0.2) is 18.7 Å². The molecule has 0 radical (unpaired) electrons. The summed E-state index contributed by atoms with van der Waals surface area (Å²) in [5.41, 5.74) is 0. The van der Waals surface area contributed by atoms with E-state index in [1.54, 1.807) is 10.8 Å². The zero-order valence-corrected chi connectivity index (χ0v) is 12.4. The molecule has 0 aromatic carbocycles. The first-order valence-corrected chi connectivity index (χ1v) is 9.50. The maximum atomic E-state index is 12.2. The van der Waals surface area contributed by atoms with Gasteiger partial charge in [0.25, 0.3) is 0 Å². The molecule has 1 aromatic rings. The molecule has 0 N–H and O–H groups in total. The summed E-state index contributed by atoms with van der Waals surface area (Å²) in [5, 5.41) is 0. The van der Waals surface area contributed by atoms with Crippen molar-refractivity contribution in [1.82, 2.24) is 4.57 Å². The van der Waals surface area contributed by atoms with Crippen molar-refractivity contribution < 1.29 is 30.2 Å². The van der Waals surface area contributed by atoms with Gasteiger partial charge < -0.3 is 0 Å². The Bertz CT molecular complexity index is 625. The van der Waals surface area contributed by atoms with E-state index in [-0.39, 0.29) is 5.75 Å². The third-order valence-electron chi connectivity index (χ3n) is 2.55. The fourth-order valence-electron chi connectivity index (χ4n) is 1.58. The second-order valence-electron chi connectivity index (χ2n) is 4.41. The van der Waals surface area contributed by atoms with Crippen molar-refractivity contribution in [3.8, 4) is 0 Å². The van der Waals surface area contributed by atoms with E-state index in [9.17, 15) is 25.6 Å². The summed E-state index contributed by atoms with van der Waals surface area (Å²) in [6.07, 6.45) is 5.44. The number of alkyl halides is 2. The molecule has 0 aliphatic heterocycles. The average molecular weight is 331 g/mol. The number of nitrogens with zero attached hydrogens (tertiary/aromatic N) is 2. The smallest absolute Gasteiger partial charge is 0.237 e. The molecule has 0 spiro atoms. The Kier molecular flexibility index (Phi) is 6.06. The van der Waals surface area contributed by atoms with E-state index in [0.717, 1.165) is 0 Å². The zero-order valence-electron chi connectivity index (χ0n) is 10.8. The average Bonchev–Trinajstić information content (AvgIpc) is 2.81. The highest BCUT2D eigenvalue weighted by atomic mass is 32.2. The van der Waals surface area contributed by atoms with Crippen LogP contribution in [0.1, 0.15) is 12.8 Å². The number of halogens is 2. The highest BCUT2D eigenvalue weighted by Gasteiger charge is 2.15. The lowest BCUT2D eigenvalue weighted by Crippen LogP contribution is -2.36. The molecule has 0 bridgehead atoms. The largest absolute Gasteiger partial charge is 0.244 e. The van der Waals surface area contributed by atoms with Crippen molar-refractivity contribution in [3.05, 3.63) is 18.7 Å². The minimum absolute atomic E-state index is 0.207. The van der Waals surface area contributed by atoms with Crippen LogP contribution in [0.2, 0.25) is 0 Å². The third kappa shape index (κ3) is 5.95. The lowest BCUT2D eigenvalue weighted by molar-refractivity contribution is -0.677. The molecule has 0 aliphatic carbocycles. The lowest BCUT2D eigenvalue weighted by atomic mass is 10.3. The molecule has 0 amide bonds. The van der Waals surface area contributed by atoms with Crippen LogP contribution >= 0.6 is 0 Å². The molecule has 1 aromatic heterocycles. The molecule has 0 saturated carbocycles. The predicted octanol–water partition coefficient (Wildman–Crippen LogP) is 0.197. The molecule has 6 nitrogen and oxygen atoms in total. The Morgan fingerprint density at radius 2 is 1.65 bits per heavy atom. The summed E-state index contributed by atoms with van der Waals surface area (Å²) in [6.45, 7) is 0.477. The van der Waals surface area contributed by atoms with Crippen molar-refractivity contribution in [2.45, 2.75) is 25.3 Å². The Balaban J connectivity index is 2.42. The van der Waals surface area contributed by atoms with Crippen LogP contribution in [0.4, 0.5) is 8.78 Å². The van der Waals surface area contributed by atoms with Crippen molar-refractivity contribution in [3.63, 3.8) is 0 Å². The van der Waals surface area contributed by atoms with Gasteiger partial charge in [0.05, 0.1) is 12.3 Å². The summed E-state index contributed by atoms with van der Waals surface area (Å²) in [6, 6.07) is -2.76. The number of hydrogen-bond acceptors (Lipinski definition) is 4. The maximum Gasteiger partial charge on any atom is 0.244 e. The van der Waals surface area contributed by atoms with E-state index < -0.39 is 37.6 Å². The van der Waals surface area contributed by atoms with E-state index in [0.29, 0.717) is 19.4 Å². The fourth-order valence-corrected chi connectivity index (χ4v) is 3.01. The molecule has 116 valence electrons. The van der Waals surface area contributed by atoms with Gasteiger partial charge in [0.2, 0.25) is 16.2 Å². The molecule has 0 saturated heterocycles. The monoisotopic (exact) mass is 331 g/mol. The third-order valence-corrected chi connectivity index (χ3v) is 4.81. The van der Waals surface area contributed by atoms with Gasteiger partial charge in [-0.2, -0.15) is 0 Å². The normalized spacial score (nSPS) is 12.7. The van der Waals surface area contributed by atoms with Gasteiger partial charge in [-0.1, -0.05) is 0 Å². The summed E-state index contributed by atoms with van der Waals surface area (Å²) in [4.78, 5) is 0. The van der Waals surface area contributed by atoms with Gasteiger partial charge >= 0.3 is 0 Å². The first-order chi connectivity index (χ1) is 9.28. The molecule has 10 heteroatoms. The molecule has 0 unspecified atom stereocenters. The number of unbranched alkanes of at least 4 members (excludes halogenated alkanes) is 1. The molecule has 1 heterocycles. The second-order valence-corrected chi connectivity index (χ2v) is 8.49. The summed E-state index contributed by atoms with van der Waals surface area (Å²) < 4.78 is 71.2. The van der Waals surface area contributed by atoms with Gasteiger partial charge in [-0.15, -0.1) is 0 Å². The van der Waals surface area contributed by atoms with Crippen LogP contribution in [-0.2, 0) is 32.1 Å². The van der Waals surface area contributed by atoms with E-state index in [1.807, 2.05) is 0 Å². The lowest BCUT2D eigenvalue weighted by Gasteiger charge is -1.99. The Hall–Kier alpha value is -1.03. The van der Waals surface area contributed by atoms with Crippen molar-refractivity contribution >= 4 is 19.7 Å². The van der Waals surface area contributed by atoms with Gasteiger partial charge in [-0.25, -0.2) is 34.8 Å². The minimum atomic E-state index is -3.75. The van der Waals surface area contributed by atoms with Crippen molar-refractivity contribution in [1.29, 1.82) is 0 Å². The highest BCUT2D eigenvalue weighted by Crippen LogP contribution is 2.01. The number of aryl methyl sites for hydroxylation is 1. The summed E-state index contributed by atoms with van der Waals surface area (Å²) in [7, 11) is -7.34. The summed E-state index contributed by atoms with van der Waals surface area (Å²) >= 11 is 0. The number of hydrogen-bond donors (Lipinski definition) is 0. The predicted molar refractivity (Wildman–Crippen MR) is 68.5 cm³/mol. The molecular formula is C10H17F2N2O4S2+. The van der Waals surface area contributed by atoms with Crippen molar-refractivity contribution in [2.75, 3.05) is 17.8 Å². The molecule has 0 atom stereocenters. The topological polar surface area (TPSA) is 77.1 Å². The zero-order chi connectivity index (χ0) is 15.2. The maximum absolute atomic E-state index is 12.2. The number of aromatic nitrogens is 2. The van der Waals surface area contributed by atoms with Gasteiger partial charge in [-0.3, -0.25) is 0 Å². The molecule has 20 heavy (non-hydrogen) atoms. The van der Waals surface area contributed by atoms with E-state index in [2.05, 4.69) is 0 Å². The molecule has 1 rings (SSSR count). The van der Waals surface area contributed by atoms with Crippen LogP contribution in [0, 0.1) is 0 Å². The Labute approximate surface area is 116 Å².